The predicted molar refractivity (Wildman–Crippen MR) is 107 cm³/mol. The summed E-state index contributed by atoms with van der Waals surface area (Å²) in [4.78, 5) is 17.6. The minimum atomic E-state index is -0.341. The van der Waals surface area contributed by atoms with Gasteiger partial charge < -0.3 is 9.72 Å². The van der Waals surface area contributed by atoms with Gasteiger partial charge >= 0.3 is 0 Å². The number of nitrogens with one attached hydrogen (secondary N) is 1. The van der Waals surface area contributed by atoms with Crippen LogP contribution in [0.2, 0.25) is 0 Å². The van der Waals surface area contributed by atoms with E-state index in [0.29, 0.717) is 6.54 Å². The van der Waals surface area contributed by atoms with E-state index in [9.17, 15) is 4.79 Å². The van der Waals surface area contributed by atoms with Crippen molar-refractivity contribution in [3.63, 3.8) is 0 Å². The smallest absolute Gasteiger partial charge is 0.232 e. The lowest BCUT2D eigenvalue weighted by molar-refractivity contribution is -0.121. The highest BCUT2D eigenvalue weighted by molar-refractivity contribution is 5.87. The molecule has 0 bridgehead atoms. The minimum Gasteiger partial charge on any atom is -0.350 e. The molecule has 0 saturated carbocycles. The third kappa shape index (κ3) is 3.75. The summed E-state index contributed by atoms with van der Waals surface area (Å²) in [6, 6.07) is 23.8. The summed E-state index contributed by atoms with van der Waals surface area (Å²) in [6.45, 7) is 2.44. The molecule has 0 radical (unpaired) electrons. The Labute approximate surface area is 158 Å². The number of benzene rings is 2. The monoisotopic (exact) mass is 355 g/mol. The van der Waals surface area contributed by atoms with Crippen molar-refractivity contribution < 1.29 is 4.79 Å². The Kier molecular flexibility index (Phi) is 4.71. The number of carbonyl (C=O) groups is 1. The summed E-state index contributed by atoms with van der Waals surface area (Å²) in [6.07, 6.45) is 3.94. The van der Waals surface area contributed by atoms with Crippen LogP contribution in [0.1, 0.15) is 28.3 Å². The lowest BCUT2D eigenvalue weighted by Crippen LogP contribution is -2.29. The van der Waals surface area contributed by atoms with Crippen molar-refractivity contribution in [3.05, 3.63) is 108 Å². The number of hydrogen-bond donors (Lipinski definition) is 1. The largest absolute Gasteiger partial charge is 0.350 e. The number of rotatable bonds is 5. The first kappa shape index (κ1) is 17.0. The molecule has 27 heavy (non-hydrogen) atoms. The van der Waals surface area contributed by atoms with Crippen LogP contribution >= 0.6 is 0 Å². The summed E-state index contributed by atoms with van der Waals surface area (Å²) in [5.41, 5.74) is 4.85. The van der Waals surface area contributed by atoms with Crippen LogP contribution < -0.4 is 5.32 Å². The zero-order chi connectivity index (χ0) is 18.6. The predicted octanol–water partition coefficient (Wildman–Crippen LogP) is 4.09. The molecule has 0 aliphatic heterocycles. The lowest BCUT2D eigenvalue weighted by Gasteiger charge is -2.17. The second kappa shape index (κ2) is 7.46. The zero-order valence-electron chi connectivity index (χ0n) is 15.2. The van der Waals surface area contributed by atoms with Crippen LogP contribution in [0.4, 0.5) is 0 Å². The van der Waals surface area contributed by atoms with Gasteiger partial charge in [-0.1, -0.05) is 60.7 Å². The van der Waals surface area contributed by atoms with Crippen LogP contribution in [-0.4, -0.2) is 15.3 Å². The van der Waals surface area contributed by atoms with Gasteiger partial charge in [0.25, 0.3) is 0 Å². The molecule has 1 N–H and O–H groups in total. The van der Waals surface area contributed by atoms with Crippen LogP contribution in [-0.2, 0) is 11.3 Å². The molecule has 4 heteroatoms. The van der Waals surface area contributed by atoms with Crippen molar-refractivity contribution >= 4 is 11.6 Å². The second-order valence-electron chi connectivity index (χ2n) is 6.67. The summed E-state index contributed by atoms with van der Waals surface area (Å²) in [5, 5.41) is 3.06. The maximum atomic E-state index is 13.0. The fourth-order valence-electron chi connectivity index (χ4n) is 3.29. The first-order chi connectivity index (χ1) is 13.2. The molecule has 0 unspecified atom stereocenters. The van der Waals surface area contributed by atoms with Gasteiger partial charge in [0.05, 0.1) is 18.2 Å². The Hall–Kier alpha value is -3.40. The minimum absolute atomic E-state index is 0.0272. The standard InChI is InChI=1S/C23H21N3O/c1-17-12-13-26-16-20(25-21(26)14-17)15-24-23(27)22(18-8-4-2-5-9-18)19-10-6-3-7-11-19/h2-14,16,22H,15H2,1H3,(H,24,27). The fraction of sp³-hybridized carbons (Fsp3) is 0.130. The molecule has 2 heterocycles. The van der Waals surface area contributed by atoms with Crippen molar-refractivity contribution in [2.24, 2.45) is 0 Å². The summed E-state index contributed by atoms with van der Waals surface area (Å²) in [7, 11) is 0. The van der Waals surface area contributed by atoms with Crippen LogP contribution in [0.25, 0.3) is 5.65 Å². The van der Waals surface area contributed by atoms with Gasteiger partial charge in [0.1, 0.15) is 5.65 Å². The normalized spacial score (nSPS) is 11.0. The first-order valence-electron chi connectivity index (χ1n) is 9.02. The topological polar surface area (TPSA) is 46.4 Å². The van der Waals surface area contributed by atoms with Crippen LogP contribution in [0.5, 0.6) is 0 Å². The molecule has 0 saturated heterocycles. The average molecular weight is 355 g/mol. The van der Waals surface area contributed by atoms with Gasteiger partial charge in [-0.15, -0.1) is 0 Å². The lowest BCUT2D eigenvalue weighted by atomic mass is 9.90. The molecule has 2 aromatic heterocycles. The van der Waals surface area contributed by atoms with Crippen molar-refractivity contribution in [1.29, 1.82) is 0 Å². The quantitative estimate of drug-likeness (QED) is 0.586. The van der Waals surface area contributed by atoms with Gasteiger partial charge in [-0.2, -0.15) is 0 Å². The fourth-order valence-corrected chi connectivity index (χ4v) is 3.29. The number of amides is 1. The van der Waals surface area contributed by atoms with E-state index in [-0.39, 0.29) is 11.8 Å². The highest BCUT2D eigenvalue weighted by Crippen LogP contribution is 2.24. The number of nitrogens with zero attached hydrogens (tertiary/aromatic N) is 2. The van der Waals surface area contributed by atoms with Crippen molar-refractivity contribution in [2.75, 3.05) is 0 Å². The van der Waals surface area contributed by atoms with E-state index in [2.05, 4.69) is 10.3 Å². The number of fused-ring (bicyclic) bond motifs is 1. The SMILES string of the molecule is Cc1ccn2cc(CNC(=O)C(c3ccccc3)c3ccccc3)nc2c1. The van der Waals surface area contributed by atoms with E-state index in [1.165, 1.54) is 0 Å². The summed E-state index contributed by atoms with van der Waals surface area (Å²) >= 11 is 0. The molecule has 0 aliphatic rings. The highest BCUT2D eigenvalue weighted by Gasteiger charge is 2.22. The van der Waals surface area contributed by atoms with Crippen molar-refractivity contribution in [3.8, 4) is 0 Å². The third-order valence-electron chi connectivity index (χ3n) is 4.64. The maximum absolute atomic E-state index is 13.0. The molecule has 0 fully saturated rings. The Balaban J connectivity index is 1.56. The van der Waals surface area contributed by atoms with Crippen molar-refractivity contribution in [2.45, 2.75) is 19.4 Å². The summed E-state index contributed by atoms with van der Waals surface area (Å²) in [5.74, 6) is -0.368. The van der Waals surface area contributed by atoms with Gasteiger partial charge in [0.2, 0.25) is 5.91 Å². The zero-order valence-corrected chi connectivity index (χ0v) is 15.2. The molecular formula is C23H21N3O. The second-order valence-corrected chi connectivity index (χ2v) is 6.67. The molecule has 0 aliphatic carbocycles. The molecule has 1 amide bonds. The number of carbonyl (C=O) groups excluding carboxylic acids is 1. The Bertz CT molecular complexity index is 1020. The first-order valence-corrected chi connectivity index (χ1v) is 9.02. The van der Waals surface area contributed by atoms with Gasteiger partial charge in [-0.05, 0) is 35.7 Å². The highest BCUT2D eigenvalue weighted by atomic mass is 16.1. The number of aryl methyl sites for hydroxylation is 1. The summed E-state index contributed by atoms with van der Waals surface area (Å²) < 4.78 is 1.97. The van der Waals surface area contributed by atoms with E-state index in [0.717, 1.165) is 28.0 Å². The molecule has 4 nitrogen and oxygen atoms in total. The van der Waals surface area contributed by atoms with E-state index >= 15 is 0 Å². The Morgan fingerprint density at radius 2 is 1.63 bits per heavy atom. The number of pyridine rings is 1. The third-order valence-corrected chi connectivity index (χ3v) is 4.64. The number of imidazole rings is 1. The van der Waals surface area contributed by atoms with Gasteiger partial charge in [-0.25, -0.2) is 4.98 Å². The maximum Gasteiger partial charge on any atom is 0.232 e. The van der Waals surface area contributed by atoms with E-state index < -0.39 is 0 Å². The Morgan fingerprint density at radius 1 is 1.00 bits per heavy atom. The molecular weight excluding hydrogens is 334 g/mol. The molecule has 0 atom stereocenters. The number of hydrogen-bond acceptors (Lipinski definition) is 2. The van der Waals surface area contributed by atoms with E-state index in [1.807, 2.05) is 96.5 Å². The molecule has 4 aromatic rings. The van der Waals surface area contributed by atoms with Crippen LogP contribution in [0.3, 0.4) is 0 Å². The van der Waals surface area contributed by atoms with Crippen LogP contribution in [0.15, 0.2) is 85.2 Å². The molecule has 0 spiro atoms. The van der Waals surface area contributed by atoms with Gasteiger partial charge in [0, 0.05) is 12.4 Å². The van der Waals surface area contributed by atoms with E-state index in [1.54, 1.807) is 0 Å². The van der Waals surface area contributed by atoms with Crippen LogP contribution in [0, 0.1) is 6.92 Å². The molecule has 134 valence electrons. The molecule has 2 aromatic carbocycles. The average Bonchev–Trinajstić information content (AvgIpc) is 3.10. The van der Waals surface area contributed by atoms with Gasteiger partial charge in [0.15, 0.2) is 0 Å². The number of aromatic nitrogens is 2. The van der Waals surface area contributed by atoms with E-state index in [4.69, 9.17) is 0 Å². The molecule has 4 rings (SSSR count). The van der Waals surface area contributed by atoms with Gasteiger partial charge in [-0.3, -0.25) is 4.79 Å². The Morgan fingerprint density at radius 3 is 2.26 bits per heavy atom. The van der Waals surface area contributed by atoms with Crippen molar-refractivity contribution in [1.82, 2.24) is 14.7 Å².